The molecule has 2 unspecified atom stereocenters. The molecule has 23 heavy (non-hydrogen) atoms. The van der Waals surface area contributed by atoms with Crippen LogP contribution in [0.4, 0.5) is 0 Å². The van der Waals surface area contributed by atoms with Gasteiger partial charge >= 0.3 is 0 Å². The van der Waals surface area contributed by atoms with Gasteiger partial charge in [0.15, 0.2) is 5.78 Å². The Morgan fingerprint density at radius 3 is 2.70 bits per heavy atom. The number of aryl methyl sites for hydroxylation is 1. The van der Waals surface area contributed by atoms with Gasteiger partial charge in [0.2, 0.25) is 0 Å². The fourth-order valence-electron chi connectivity index (χ4n) is 5.92. The standard InChI is InChI=1S/C22H26O/c23-21-20-13-18(16-4-2-1-3-5-16)8-7-17(20)10-11-22(21)14-15-6-9-19(22)12-15/h6-8,13,16,19H,1-5,9-12,14H2. The van der Waals surface area contributed by atoms with Gasteiger partial charge in [-0.1, -0.05) is 43.0 Å². The molecule has 2 atom stereocenters. The van der Waals surface area contributed by atoms with Gasteiger partial charge in [0, 0.05) is 11.0 Å². The normalized spacial score (nSPS) is 33.1. The lowest BCUT2D eigenvalue weighted by molar-refractivity contribution is 0.0670. The molecule has 4 aliphatic rings. The molecule has 0 heterocycles. The van der Waals surface area contributed by atoms with Crippen LogP contribution in [0.1, 0.15) is 85.2 Å². The van der Waals surface area contributed by atoms with E-state index in [1.54, 1.807) is 5.57 Å². The molecule has 2 fully saturated rings. The average Bonchev–Trinajstić information content (AvgIpc) is 3.21. The van der Waals surface area contributed by atoms with Crippen LogP contribution in [0.15, 0.2) is 29.8 Å². The number of carbonyl (C=O) groups is 1. The van der Waals surface area contributed by atoms with Crippen LogP contribution < -0.4 is 0 Å². The summed E-state index contributed by atoms with van der Waals surface area (Å²) in [6.07, 6.45) is 14.7. The highest BCUT2D eigenvalue weighted by molar-refractivity contribution is 6.04. The van der Waals surface area contributed by atoms with Crippen molar-refractivity contribution in [3.8, 4) is 0 Å². The summed E-state index contributed by atoms with van der Waals surface area (Å²) in [6, 6.07) is 6.90. The van der Waals surface area contributed by atoms with E-state index in [0.717, 1.165) is 31.2 Å². The zero-order valence-electron chi connectivity index (χ0n) is 13.9. The summed E-state index contributed by atoms with van der Waals surface area (Å²) in [5.41, 5.74) is 5.39. The van der Waals surface area contributed by atoms with Crippen LogP contribution in [0.3, 0.4) is 0 Å². The predicted octanol–water partition coefficient (Wildman–Crippen LogP) is 5.59. The van der Waals surface area contributed by atoms with Crippen molar-refractivity contribution in [1.82, 2.24) is 0 Å². The fraction of sp³-hybridized carbons (Fsp3) is 0.591. The minimum Gasteiger partial charge on any atom is -0.294 e. The Morgan fingerprint density at radius 1 is 1.09 bits per heavy atom. The number of carbonyl (C=O) groups excluding carboxylic acids is 1. The van der Waals surface area contributed by atoms with Gasteiger partial charge in [0.25, 0.3) is 0 Å². The second kappa shape index (κ2) is 5.06. The Kier molecular flexibility index (Phi) is 3.08. The molecule has 120 valence electrons. The van der Waals surface area contributed by atoms with Gasteiger partial charge in [-0.15, -0.1) is 0 Å². The maximum atomic E-state index is 13.4. The molecule has 5 rings (SSSR count). The van der Waals surface area contributed by atoms with Gasteiger partial charge in [-0.3, -0.25) is 4.79 Å². The molecule has 1 heteroatoms. The third-order valence-corrected chi connectivity index (χ3v) is 7.27. The van der Waals surface area contributed by atoms with Crippen LogP contribution in [-0.2, 0) is 6.42 Å². The van der Waals surface area contributed by atoms with Crippen molar-refractivity contribution in [2.24, 2.45) is 11.3 Å². The Bertz CT molecular complexity index is 692. The number of hydrogen-bond donors (Lipinski definition) is 0. The summed E-state index contributed by atoms with van der Waals surface area (Å²) in [4.78, 5) is 13.4. The topological polar surface area (TPSA) is 17.1 Å². The zero-order valence-corrected chi connectivity index (χ0v) is 13.9. The first-order valence-electron chi connectivity index (χ1n) is 9.62. The van der Waals surface area contributed by atoms with Gasteiger partial charge in [0.1, 0.15) is 0 Å². The molecule has 0 amide bonds. The van der Waals surface area contributed by atoms with Crippen LogP contribution in [0.5, 0.6) is 0 Å². The van der Waals surface area contributed by atoms with Crippen LogP contribution in [-0.4, -0.2) is 5.78 Å². The Labute approximate surface area is 139 Å². The Morgan fingerprint density at radius 2 is 1.96 bits per heavy atom. The Balaban J connectivity index is 1.51. The van der Waals surface area contributed by atoms with Gasteiger partial charge in [-0.25, -0.2) is 0 Å². The van der Waals surface area contributed by atoms with Crippen molar-refractivity contribution in [1.29, 1.82) is 0 Å². The van der Waals surface area contributed by atoms with Gasteiger partial charge in [-0.2, -0.15) is 0 Å². The van der Waals surface area contributed by atoms with Crippen LogP contribution in [0.25, 0.3) is 0 Å². The van der Waals surface area contributed by atoms with E-state index in [1.165, 1.54) is 49.7 Å². The first-order chi connectivity index (χ1) is 11.3. The summed E-state index contributed by atoms with van der Waals surface area (Å²) < 4.78 is 0. The average molecular weight is 306 g/mol. The molecule has 0 aliphatic heterocycles. The third kappa shape index (κ3) is 2.01. The maximum Gasteiger partial charge on any atom is 0.169 e. The van der Waals surface area contributed by atoms with E-state index >= 15 is 0 Å². The van der Waals surface area contributed by atoms with E-state index in [-0.39, 0.29) is 5.41 Å². The van der Waals surface area contributed by atoms with Crippen molar-refractivity contribution in [2.45, 2.75) is 70.1 Å². The monoisotopic (exact) mass is 306 g/mol. The molecule has 1 nitrogen and oxygen atoms in total. The highest BCUT2D eigenvalue weighted by atomic mass is 16.1. The number of Topliss-reactive ketones (excluding diaryl/α,β-unsaturated/α-hetero) is 1. The number of rotatable bonds is 1. The SMILES string of the molecule is O=C1c2cc(C3CCCCC3)ccc2CCC12CC1=CCC2C1. The lowest BCUT2D eigenvalue weighted by Gasteiger charge is -2.39. The van der Waals surface area contributed by atoms with Gasteiger partial charge in [0.05, 0.1) is 0 Å². The van der Waals surface area contributed by atoms with E-state index in [1.807, 2.05) is 0 Å². The highest BCUT2D eigenvalue weighted by Gasteiger charge is 2.53. The van der Waals surface area contributed by atoms with E-state index in [4.69, 9.17) is 0 Å². The second-order valence-electron chi connectivity index (χ2n) is 8.41. The third-order valence-electron chi connectivity index (χ3n) is 7.27. The zero-order chi connectivity index (χ0) is 15.4. The maximum absolute atomic E-state index is 13.4. The van der Waals surface area contributed by atoms with Gasteiger partial charge < -0.3 is 0 Å². The van der Waals surface area contributed by atoms with Crippen LogP contribution in [0.2, 0.25) is 0 Å². The van der Waals surface area contributed by atoms with E-state index < -0.39 is 0 Å². The first kappa shape index (κ1) is 14.0. The van der Waals surface area contributed by atoms with Gasteiger partial charge in [-0.05, 0) is 74.0 Å². The smallest absolute Gasteiger partial charge is 0.169 e. The summed E-state index contributed by atoms with van der Waals surface area (Å²) in [5, 5.41) is 0. The number of hydrogen-bond acceptors (Lipinski definition) is 1. The number of fused-ring (bicyclic) bond motifs is 4. The molecule has 1 aromatic carbocycles. The molecule has 0 aromatic heterocycles. The quantitative estimate of drug-likeness (QED) is 0.618. The van der Waals surface area contributed by atoms with Crippen molar-refractivity contribution in [3.63, 3.8) is 0 Å². The molecule has 0 radical (unpaired) electrons. The number of allylic oxidation sites excluding steroid dienone is 2. The van der Waals surface area contributed by atoms with Crippen molar-refractivity contribution in [3.05, 3.63) is 46.5 Å². The minimum atomic E-state index is -0.0255. The molecular formula is C22H26O. The van der Waals surface area contributed by atoms with Crippen LogP contribution in [0, 0.1) is 11.3 Å². The minimum absolute atomic E-state index is 0.0255. The van der Waals surface area contributed by atoms with Crippen molar-refractivity contribution < 1.29 is 4.79 Å². The summed E-state index contributed by atoms with van der Waals surface area (Å²) in [6.45, 7) is 0. The first-order valence-corrected chi connectivity index (χ1v) is 9.62. The summed E-state index contributed by atoms with van der Waals surface area (Å²) >= 11 is 0. The molecule has 1 spiro atoms. The lowest BCUT2D eigenvalue weighted by Crippen LogP contribution is -2.39. The second-order valence-corrected chi connectivity index (χ2v) is 8.41. The molecule has 2 bridgehead atoms. The highest BCUT2D eigenvalue weighted by Crippen LogP contribution is 2.58. The Hall–Kier alpha value is -1.37. The molecule has 1 aromatic rings. The lowest BCUT2D eigenvalue weighted by atomic mass is 9.63. The predicted molar refractivity (Wildman–Crippen MR) is 92.8 cm³/mol. The van der Waals surface area contributed by atoms with Crippen LogP contribution >= 0.6 is 0 Å². The summed E-state index contributed by atoms with van der Waals surface area (Å²) in [5.74, 6) is 1.79. The van der Waals surface area contributed by atoms with Crippen molar-refractivity contribution in [2.75, 3.05) is 0 Å². The molecule has 0 saturated heterocycles. The van der Waals surface area contributed by atoms with E-state index in [2.05, 4.69) is 24.3 Å². The van der Waals surface area contributed by atoms with E-state index in [0.29, 0.717) is 17.6 Å². The molecule has 2 saturated carbocycles. The summed E-state index contributed by atoms with van der Waals surface area (Å²) in [7, 11) is 0. The number of ketones is 1. The van der Waals surface area contributed by atoms with Crippen molar-refractivity contribution >= 4 is 5.78 Å². The molecule has 0 N–H and O–H groups in total. The number of benzene rings is 1. The molecule has 4 aliphatic carbocycles. The largest absolute Gasteiger partial charge is 0.294 e. The molecular weight excluding hydrogens is 280 g/mol. The fourth-order valence-corrected chi connectivity index (χ4v) is 5.92. The van der Waals surface area contributed by atoms with E-state index in [9.17, 15) is 4.79 Å².